The number of anilines is 1. The molecule has 2 heterocycles. The van der Waals surface area contributed by atoms with Gasteiger partial charge in [-0.1, -0.05) is 0 Å². The van der Waals surface area contributed by atoms with Gasteiger partial charge in [-0.05, 0) is 36.2 Å². The molecule has 4 rings (SSSR count). The first-order chi connectivity index (χ1) is 11.4. The molecule has 3 aromatic rings. The molecule has 1 N–H and O–H groups in total. The first-order valence-corrected chi connectivity index (χ1v) is 8.87. The van der Waals surface area contributed by atoms with Gasteiger partial charge >= 0.3 is 5.69 Å². The van der Waals surface area contributed by atoms with Crippen molar-refractivity contribution in [1.82, 2.24) is 19.3 Å². The predicted octanol–water partition coefficient (Wildman–Crippen LogP) is 0.938. The lowest BCUT2D eigenvalue weighted by Gasteiger charge is -2.05. The van der Waals surface area contributed by atoms with Gasteiger partial charge in [-0.2, -0.15) is 4.98 Å². The topological polar surface area (TPSA) is 112 Å². The fourth-order valence-corrected chi connectivity index (χ4v) is 3.56. The lowest BCUT2D eigenvalue weighted by atomic mass is 10.3. The Morgan fingerprint density at radius 2 is 1.92 bits per heavy atom. The normalized spacial score (nSPS) is 15.1. The van der Waals surface area contributed by atoms with Crippen LogP contribution in [0.25, 0.3) is 11.0 Å². The molecule has 126 valence electrons. The minimum atomic E-state index is -3.88. The molecule has 1 saturated carbocycles. The molecule has 0 radical (unpaired) electrons. The van der Waals surface area contributed by atoms with Gasteiger partial charge in [0, 0.05) is 20.0 Å². The van der Waals surface area contributed by atoms with Crippen LogP contribution in [0.3, 0.4) is 0 Å². The number of benzene rings is 1. The van der Waals surface area contributed by atoms with E-state index in [0.29, 0.717) is 16.9 Å². The molecule has 1 fully saturated rings. The predicted molar refractivity (Wildman–Crippen MR) is 85.2 cm³/mol. The molecule has 9 nitrogen and oxygen atoms in total. The van der Waals surface area contributed by atoms with Gasteiger partial charge in [0.1, 0.15) is 0 Å². The van der Waals surface area contributed by atoms with E-state index in [1.54, 1.807) is 20.2 Å². The highest BCUT2D eigenvalue weighted by Crippen LogP contribution is 2.39. The molecule has 0 bridgehead atoms. The van der Waals surface area contributed by atoms with Crippen LogP contribution in [-0.4, -0.2) is 27.7 Å². The molecule has 1 aliphatic rings. The smallest absolute Gasteiger partial charge is 0.328 e. The van der Waals surface area contributed by atoms with Crippen LogP contribution in [0, 0.1) is 0 Å². The van der Waals surface area contributed by atoms with E-state index in [9.17, 15) is 13.2 Å². The third-order valence-electron chi connectivity index (χ3n) is 4.15. The fourth-order valence-electron chi connectivity index (χ4n) is 2.61. The van der Waals surface area contributed by atoms with E-state index in [-0.39, 0.29) is 22.5 Å². The minimum absolute atomic E-state index is 0.0222. The van der Waals surface area contributed by atoms with Gasteiger partial charge in [0.05, 0.1) is 15.9 Å². The Labute approximate surface area is 136 Å². The van der Waals surface area contributed by atoms with E-state index in [2.05, 4.69) is 14.9 Å². The zero-order valence-corrected chi connectivity index (χ0v) is 13.9. The van der Waals surface area contributed by atoms with E-state index in [0.717, 1.165) is 12.8 Å². The zero-order valence-electron chi connectivity index (χ0n) is 13.1. The Balaban J connectivity index is 1.71. The Kier molecular flexibility index (Phi) is 3.07. The molecule has 0 atom stereocenters. The first kappa shape index (κ1) is 14.9. The van der Waals surface area contributed by atoms with Crippen molar-refractivity contribution in [3.63, 3.8) is 0 Å². The largest absolute Gasteiger partial charge is 0.337 e. The molecule has 24 heavy (non-hydrogen) atoms. The van der Waals surface area contributed by atoms with Crippen molar-refractivity contribution in [1.29, 1.82) is 0 Å². The molecule has 2 aromatic heterocycles. The molecule has 0 aliphatic heterocycles. The van der Waals surface area contributed by atoms with Crippen LogP contribution in [0.4, 0.5) is 5.95 Å². The molecule has 1 aliphatic carbocycles. The molecule has 0 saturated heterocycles. The number of hydrogen-bond donors (Lipinski definition) is 1. The summed E-state index contributed by atoms with van der Waals surface area (Å²) in [4.78, 5) is 16.0. The van der Waals surface area contributed by atoms with Gasteiger partial charge in [-0.15, -0.1) is 0 Å². The van der Waals surface area contributed by atoms with E-state index in [1.165, 1.54) is 21.3 Å². The first-order valence-electron chi connectivity index (χ1n) is 7.39. The van der Waals surface area contributed by atoms with Crippen LogP contribution in [0.2, 0.25) is 0 Å². The summed E-state index contributed by atoms with van der Waals surface area (Å²) in [6, 6.07) is 4.48. The number of fused-ring (bicyclic) bond motifs is 1. The van der Waals surface area contributed by atoms with E-state index in [1.807, 2.05) is 0 Å². The van der Waals surface area contributed by atoms with Crippen LogP contribution in [0.1, 0.15) is 24.7 Å². The molecular weight excluding hydrogens is 334 g/mol. The lowest BCUT2D eigenvalue weighted by Crippen LogP contribution is -2.19. The second kappa shape index (κ2) is 4.94. The van der Waals surface area contributed by atoms with Crippen molar-refractivity contribution in [2.45, 2.75) is 23.7 Å². The Morgan fingerprint density at radius 1 is 1.21 bits per heavy atom. The number of hydrogen-bond acceptors (Lipinski definition) is 6. The summed E-state index contributed by atoms with van der Waals surface area (Å²) in [7, 11) is -0.649. The maximum atomic E-state index is 12.5. The van der Waals surface area contributed by atoms with E-state index < -0.39 is 10.0 Å². The number of imidazole rings is 1. The minimum Gasteiger partial charge on any atom is -0.337 e. The molecule has 0 spiro atoms. The van der Waals surface area contributed by atoms with Crippen LogP contribution < -0.4 is 10.4 Å². The highest BCUT2D eigenvalue weighted by atomic mass is 32.2. The second-order valence-electron chi connectivity index (χ2n) is 5.89. The highest BCUT2D eigenvalue weighted by Gasteiger charge is 2.30. The SMILES string of the molecule is Cn1c(=O)n(C)c2cc(S(=O)(=O)Nc3noc(C4CC4)n3)ccc21. The summed E-state index contributed by atoms with van der Waals surface area (Å²) >= 11 is 0. The second-order valence-corrected chi connectivity index (χ2v) is 7.57. The Morgan fingerprint density at radius 3 is 2.62 bits per heavy atom. The van der Waals surface area contributed by atoms with Gasteiger partial charge < -0.3 is 4.52 Å². The Hall–Kier alpha value is -2.62. The summed E-state index contributed by atoms with van der Waals surface area (Å²) in [5.74, 6) is 0.610. The standard InChI is InChI=1S/C14H15N5O4S/c1-18-10-6-5-9(7-11(10)19(2)14(18)20)24(21,22)17-13-15-12(23-16-13)8-3-4-8/h5-8H,3-4H2,1-2H3,(H,16,17). The van der Waals surface area contributed by atoms with Crippen molar-refractivity contribution in [2.75, 3.05) is 4.72 Å². The average Bonchev–Trinajstić information content (AvgIpc) is 3.27. The maximum absolute atomic E-state index is 12.5. The van der Waals surface area contributed by atoms with Crippen molar-refractivity contribution < 1.29 is 12.9 Å². The monoisotopic (exact) mass is 349 g/mol. The average molecular weight is 349 g/mol. The number of sulfonamides is 1. The summed E-state index contributed by atoms with van der Waals surface area (Å²) < 4.78 is 35.2. The molecule has 0 unspecified atom stereocenters. The van der Waals surface area contributed by atoms with Crippen molar-refractivity contribution in [3.8, 4) is 0 Å². The third-order valence-corrected chi connectivity index (χ3v) is 5.47. The van der Waals surface area contributed by atoms with Gasteiger partial charge in [-0.25, -0.2) is 17.9 Å². The number of aromatic nitrogens is 4. The van der Waals surface area contributed by atoms with E-state index in [4.69, 9.17) is 4.52 Å². The number of nitrogens with zero attached hydrogens (tertiary/aromatic N) is 4. The summed E-state index contributed by atoms with van der Waals surface area (Å²) in [5.41, 5.74) is 0.953. The van der Waals surface area contributed by atoms with Gasteiger partial charge in [0.25, 0.3) is 16.0 Å². The van der Waals surface area contributed by atoms with Crippen molar-refractivity contribution in [2.24, 2.45) is 14.1 Å². The maximum Gasteiger partial charge on any atom is 0.328 e. The van der Waals surface area contributed by atoms with E-state index >= 15 is 0 Å². The summed E-state index contributed by atoms with van der Waals surface area (Å²) in [6.07, 6.45) is 1.96. The number of aryl methyl sites for hydroxylation is 2. The summed E-state index contributed by atoms with van der Waals surface area (Å²) in [5, 5.41) is 3.65. The van der Waals surface area contributed by atoms with Gasteiger partial charge in [0.15, 0.2) is 0 Å². The molecule has 1 aromatic carbocycles. The van der Waals surface area contributed by atoms with Crippen LogP contribution in [0.15, 0.2) is 32.4 Å². The summed E-state index contributed by atoms with van der Waals surface area (Å²) in [6.45, 7) is 0. The third kappa shape index (κ3) is 2.30. The van der Waals surface area contributed by atoms with Crippen molar-refractivity contribution in [3.05, 3.63) is 34.6 Å². The number of nitrogens with one attached hydrogen (secondary N) is 1. The quantitative estimate of drug-likeness (QED) is 0.750. The van der Waals surface area contributed by atoms with Crippen LogP contribution in [0.5, 0.6) is 0 Å². The van der Waals surface area contributed by atoms with Crippen LogP contribution >= 0.6 is 0 Å². The van der Waals surface area contributed by atoms with Crippen molar-refractivity contribution >= 4 is 27.0 Å². The fraction of sp³-hybridized carbons (Fsp3) is 0.357. The molecule has 0 amide bonds. The zero-order chi connectivity index (χ0) is 17.1. The molecule has 10 heteroatoms. The highest BCUT2D eigenvalue weighted by molar-refractivity contribution is 7.92. The van der Waals surface area contributed by atoms with Crippen LogP contribution in [-0.2, 0) is 24.1 Å². The lowest BCUT2D eigenvalue weighted by molar-refractivity contribution is 0.380. The number of rotatable bonds is 4. The Bertz CT molecular complexity index is 1100. The molecular formula is C14H15N5O4S. The van der Waals surface area contributed by atoms with Gasteiger partial charge in [-0.3, -0.25) is 9.13 Å². The van der Waals surface area contributed by atoms with Gasteiger partial charge in [0.2, 0.25) is 5.89 Å².